The summed E-state index contributed by atoms with van der Waals surface area (Å²) < 4.78 is 0. The quantitative estimate of drug-likeness (QED) is 0.710. The normalized spacial score (nSPS) is 27.7. The van der Waals surface area contributed by atoms with Crippen molar-refractivity contribution in [2.24, 2.45) is 0 Å². The predicted octanol–water partition coefficient (Wildman–Crippen LogP) is 0.356. The number of rotatable bonds is 4. The monoisotopic (exact) mass is 214 g/mol. The van der Waals surface area contributed by atoms with Gasteiger partial charge in [0.1, 0.15) is 0 Å². The molecule has 0 aromatic carbocycles. The molecule has 1 fully saturated rings. The van der Waals surface area contributed by atoms with Crippen molar-refractivity contribution in [1.82, 2.24) is 10.2 Å². The third-order valence-corrected chi connectivity index (χ3v) is 2.96. The fourth-order valence-electron chi connectivity index (χ4n) is 2.00. The number of carbonyl (C=O) groups is 1. The smallest absolute Gasteiger partial charge is 0.223 e. The van der Waals surface area contributed by atoms with Crippen LogP contribution in [0.5, 0.6) is 0 Å². The number of aliphatic hydroxyl groups excluding tert-OH is 1. The lowest BCUT2D eigenvalue weighted by molar-refractivity contribution is -0.129. The second kappa shape index (κ2) is 5.47. The zero-order chi connectivity index (χ0) is 11.4. The highest BCUT2D eigenvalue weighted by atomic mass is 16.3. The van der Waals surface area contributed by atoms with Gasteiger partial charge in [-0.15, -0.1) is 0 Å². The van der Waals surface area contributed by atoms with Crippen LogP contribution in [0.1, 0.15) is 32.6 Å². The summed E-state index contributed by atoms with van der Waals surface area (Å²) >= 11 is 0. The van der Waals surface area contributed by atoms with Crippen molar-refractivity contribution < 1.29 is 9.90 Å². The number of amides is 1. The molecule has 3 atom stereocenters. The van der Waals surface area contributed by atoms with Gasteiger partial charge in [0.25, 0.3) is 0 Å². The average molecular weight is 214 g/mol. The van der Waals surface area contributed by atoms with E-state index in [9.17, 15) is 9.90 Å². The number of hydrogen-bond acceptors (Lipinski definition) is 3. The van der Waals surface area contributed by atoms with E-state index in [0.29, 0.717) is 6.42 Å². The molecule has 1 rings (SSSR count). The largest absolute Gasteiger partial charge is 0.392 e. The van der Waals surface area contributed by atoms with Gasteiger partial charge in [-0.25, -0.2) is 0 Å². The molecule has 0 saturated heterocycles. The SMILES string of the molecule is CC(CC(=O)N(C)C)NC1CCCC1O. The Bertz CT molecular complexity index is 219. The van der Waals surface area contributed by atoms with E-state index in [4.69, 9.17) is 0 Å². The highest BCUT2D eigenvalue weighted by Crippen LogP contribution is 2.19. The zero-order valence-corrected chi connectivity index (χ0v) is 9.86. The standard InChI is InChI=1S/C11H22N2O2/c1-8(7-11(15)13(2)3)12-9-5-4-6-10(9)14/h8-10,12,14H,4-7H2,1-3H3. The third kappa shape index (κ3) is 3.80. The molecule has 1 aliphatic carbocycles. The van der Waals surface area contributed by atoms with Crippen LogP contribution in [0.4, 0.5) is 0 Å². The summed E-state index contributed by atoms with van der Waals surface area (Å²) in [5, 5.41) is 12.9. The van der Waals surface area contributed by atoms with Crippen LogP contribution in [-0.4, -0.2) is 48.2 Å². The molecule has 1 saturated carbocycles. The molecule has 0 aromatic rings. The van der Waals surface area contributed by atoms with Crippen molar-refractivity contribution in [1.29, 1.82) is 0 Å². The Kier molecular flexibility index (Phi) is 4.54. The van der Waals surface area contributed by atoms with Gasteiger partial charge in [0.15, 0.2) is 0 Å². The van der Waals surface area contributed by atoms with Gasteiger partial charge in [-0.1, -0.05) is 0 Å². The Morgan fingerprint density at radius 2 is 2.20 bits per heavy atom. The maximum atomic E-state index is 11.4. The lowest BCUT2D eigenvalue weighted by atomic mass is 10.1. The molecule has 4 nitrogen and oxygen atoms in total. The van der Waals surface area contributed by atoms with E-state index in [2.05, 4.69) is 5.32 Å². The van der Waals surface area contributed by atoms with Crippen molar-refractivity contribution in [2.75, 3.05) is 14.1 Å². The summed E-state index contributed by atoms with van der Waals surface area (Å²) in [7, 11) is 3.53. The van der Waals surface area contributed by atoms with Crippen LogP contribution in [0.2, 0.25) is 0 Å². The van der Waals surface area contributed by atoms with Crippen molar-refractivity contribution in [3.8, 4) is 0 Å². The number of nitrogens with zero attached hydrogens (tertiary/aromatic N) is 1. The second-order valence-corrected chi connectivity index (χ2v) is 4.66. The molecule has 0 spiro atoms. The minimum Gasteiger partial charge on any atom is -0.392 e. The maximum Gasteiger partial charge on any atom is 0.223 e. The predicted molar refractivity (Wildman–Crippen MR) is 59.6 cm³/mol. The first kappa shape index (κ1) is 12.5. The van der Waals surface area contributed by atoms with Crippen LogP contribution in [-0.2, 0) is 4.79 Å². The summed E-state index contributed by atoms with van der Waals surface area (Å²) in [4.78, 5) is 13.0. The zero-order valence-electron chi connectivity index (χ0n) is 9.86. The molecule has 0 radical (unpaired) electrons. The Hall–Kier alpha value is -0.610. The van der Waals surface area contributed by atoms with Crippen LogP contribution in [0.15, 0.2) is 0 Å². The van der Waals surface area contributed by atoms with Gasteiger partial charge >= 0.3 is 0 Å². The first-order valence-corrected chi connectivity index (χ1v) is 5.65. The van der Waals surface area contributed by atoms with Crippen molar-refractivity contribution in [3.63, 3.8) is 0 Å². The molecule has 2 N–H and O–H groups in total. The van der Waals surface area contributed by atoms with Crippen LogP contribution >= 0.6 is 0 Å². The second-order valence-electron chi connectivity index (χ2n) is 4.66. The molecule has 0 aliphatic heterocycles. The Morgan fingerprint density at radius 3 is 2.67 bits per heavy atom. The third-order valence-electron chi connectivity index (χ3n) is 2.96. The fourth-order valence-corrected chi connectivity index (χ4v) is 2.00. The Labute approximate surface area is 91.6 Å². The molecular formula is C11H22N2O2. The Morgan fingerprint density at radius 1 is 1.53 bits per heavy atom. The number of hydrogen-bond donors (Lipinski definition) is 2. The number of nitrogens with one attached hydrogen (secondary N) is 1. The molecule has 0 aromatic heterocycles. The molecule has 0 bridgehead atoms. The molecule has 4 heteroatoms. The molecule has 88 valence electrons. The van der Waals surface area contributed by atoms with Gasteiger partial charge < -0.3 is 15.3 Å². The first-order chi connectivity index (χ1) is 7.00. The minimum atomic E-state index is -0.234. The summed E-state index contributed by atoms with van der Waals surface area (Å²) in [6.45, 7) is 1.99. The van der Waals surface area contributed by atoms with E-state index >= 15 is 0 Å². The van der Waals surface area contributed by atoms with Gasteiger partial charge in [-0.3, -0.25) is 4.79 Å². The van der Waals surface area contributed by atoms with Crippen molar-refractivity contribution >= 4 is 5.91 Å². The van der Waals surface area contributed by atoms with Crippen LogP contribution in [0.25, 0.3) is 0 Å². The van der Waals surface area contributed by atoms with E-state index in [0.717, 1.165) is 19.3 Å². The van der Waals surface area contributed by atoms with Crippen LogP contribution in [0, 0.1) is 0 Å². The lowest BCUT2D eigenvalue weighted by Crippen LogP contribution is -2.43. The van der Waals surface area contributed by atoms with Gasteiger partial charge in [-0.2, -0.15) is 0 Å². The van der Waals surface area contributed by atoms with E-state index in [1.54, 1.807) is 19.0 Å². The highest BCUT2D eigenvalue weighted by molar-refractivity contribution is 5.76. The van der Waals surface area contributed by atoms with Crippen LogP contribution < -0.4 is 5.32 Å². The molecular weight excluding hydrogens is 192 g/mol. The summed E-state index contributed by atoms with van der Waals surface area (Å²) in [6.07, 6.45) is 3.23. The average Bonchev–Trinajstić information content (AvgIpc) is 2.51. The molecule has 0 heterocycles. The molecule has 3 unspecified atom stereocenters. The maximum absolute atomic E-state index is 11.4. The summed E-state index contributed by atoms with van der Waals surface area (Å²) in [5.41, 5.74) is 0. The highest BCUT2D eigenvalue weighted by Gasteiger charge is 2.26. The molecule has 1 amide bonds. The Balaban J connectivity index is 2.29. The van der Waals surface area contributed by atoms with Gasteiger partial charge in [0, 0.05) is 32.6 Å². The molecule has 15 heavy (non-hydrogen) atoms. The number of carbonyl (C=O) groups excluding carboxylic acids is 1. The number of aliphatic hydroxyl groups is 1. The van der Waals surface area contributed by atoms with E-state index < -0.39 is 0 Å². The minimum absolute atomic E-state index is 0.127. The van der Waals surface area contributed by atoms with Gasteiger partial charge in [0.05, 0.1) is 6.10 Å². The summed E-state index contributed by atoms with van der Waals surface area (Å²) in [5.74, 6) is 0.127. The topological polar surface area (TPSA) is 52.6 Å². The van der Waals surface area contributed by atoms with E-state index in [-0.39, 0.29) is 24.1 Å². The fraction of sp³-hybridized carbons (Fsp3) is 0.909. The molecule has 1 aliphatic rings. The van der Waals surface area contributed by atoms with Gasteiger partial charge in [0.2, 0.25) is 5.91 Å². The van der Waals surface area contributed by atoms with Crippen LogP contribution in [0.3, 0.4) is 0 Å². The lowest BCUT2D eigenvalue weighted by Gasteiger charge is -2.22. The van der Waals surface area contributed by atoms with Gasteiger partial charge in [-0.05, 0) is 26.2 Å². The van der Waals surface area contributed by atoms with Crippen molar-refractivity contribution in [3.05, 3.63) is 0 Å². The first-order valence-electron chi connectivity index (χ1n) is 5.65. The summed E-state index contributed by atoms with van der Waals surface area (Å²) in [6, 6.07) is 0.313. The van der Waals surface area contributed by atoms with Crippen molar-refractivity contribution in [2.45, 2.75) is 50.8 Å². The van der Waals surface area contributed by atoms with E-state index in [1.807, 2.05) is 6.92 Å². The van der Waals surface area contributed by atoms with E-state index in [1.165, 1.54) is 0 Å².